The fourth-order valence-corrected chi connectivity index (χ4v) is 6.03. The molecule has 6 aromatic rings. The van der Waals surface area contributed by atoms with Gasteiger partial charge in [-0.1, -0.05) is 114 Å². The Morgan fingerprint density at radius 3 is 2.11 bits per heavy atom. The van der Waals surface area contributed by atoms with E-state index in [9.17, 15) is 10.5 Å². The number of nitrogens with zero attached hydrogens (tertiary/aromatic N) is 1. The van der Waals surface area contributed by atoms with E-state index in [1.54, 1.807) is 6.07 Å². The van der Waals surface area contributed by atoms with Crippen molar-refractivity contribution in [2.45, 2.75) is 52.4 Å². The molecule has 1 aromatic heterocycles. The quantitative estimate of drug-likeness (QED) is 0.166. The lowest BCUT2D eigenvalue weighted by Gasteiger charge is -2.23. The van der Waals surface area contributed by atoms with Gasteiger partial charge in [-0.15, -0.1) is 0 Å². The zero-order chi connectivity index (χ0) is 32.6. The summed E-state index contributed by atoms with van der Waals surface area (Å²) in [6.07, 6.45) is 1.87. The lowest BCUT2D eigenvalue weighted by atomic mass is 9.83. The van der Waals surface area contributed by atoms with Crippen LogP contribution in [-0.4, -0.2) is 15.8 Å². The Bertz CT molecular complexity index is 2060. The lowest BCUT2D eigenvalue weighted by Crippen LogP contribution is -2.13. The highest BCUT2D eigenvalue weighted by atomic mass is 16.3. The first-order chi connectivity index (χ1) is 21.9. The van der Waals surface area contributed by atoms with Crippen LogP contribution in [0.15, 0.2) is 121 Å². The monoisotopic (exact) mass is 603 g/mol. The Hall–Kier alpha value is -5.22. The summed E-state index contributed by atoms with van der Waals surface area (Å²) in [6, 6.07) is 38.9. The van der Waals surface area contributed by atoms with E-state index < -0.39 is 0 Å². The van der Waals surface area contributed by atoms with Crippen LogP contribution in [0.25, 0.3) is 33.2 Å². The average molecular weight is 604 g/mol. The van der Waals surface area contributed by atoms with Gasteiger partial charge in [0.2, 0.25) is 0 Å². The number of fused-ring (bicyclic) bond motifs is 1. The molecular formula is C42H41N3O. The number of hydrogen-bond acceptors (Lipinski definition) is 4. The second kappa shape index (κ2) is 11.9. The molecule has 0 amide bonds. The Morgan fingerprint density at radius 2 is 1.37 bits per heavy atom. The third-order valence-electron chi connectivity index (χ3n) is 8.54. The molecule has 0 atom stereocenters. The largest absolute Gasteiger partial charge is 0.507 e. The maximum absolute atomic E-state index is 10.8. The predicted molar refractivity (Wildman–Crippen MR) is 194 cm³/mol. The smallest absolute Gasteiger partial charge is 0.124 e. The van der Waals surface area contributed by atoms with E-state index in [1.165, 1.54) is 5.56 Å². The van der Waals surface area contributed by atoms with Crippen LogP contribution in [0.1, 0.15) is 63.8 Å². The van der Waals surface area contributed by atoms with Gasteiger partial charge >= 0.3 is 0 Å². The molecule has 0 saturated heterocycles. The number of anilines is 2. The summed E-state index contributed by atoms with van der Waals surface area (Å²) < 4.78 is 0. The fourth-order valence-electron chi connectivity index (χ4n) is 6.03. The number of phenolic OH excluding ortho intramolecular Hbond substituents is 1. The SMILES string of the molecule is CC(C)(C)c1ccc(O)c(C(=N)c2ccccc2Nc2cc(-c3ccccc3)cc(-c3ccc(C(C)(C)C)c4cccnc34)c2)c1. The first-order valence-corrected chi connectivity index (χ1v) is 15.8. The minimum Gasteiger partial charge on any atom is -0.507 e. The molecule has 0 unspecified atom stereocenters. The number of para-hydroxylation sites is 1. The molecule has 6 rings (SSSR count). The van der Waals surface area contributed by atoms with E-state index in [1.807, 2.05) is 54.7 Å². The van der Waals surface area contributed by atoms with Crippen LogP contribution in [0.2, 0.25) is 0 Å². The first kappa shape index (κ1) is 30.8. The molecule has 46 heavy (non-hydrogen) atoms. The summed E-state index contributed by atoms with van der Waals surface area (Å²) in [5, 5.41) is 24.9. The second-order valence-electron chi connectivity index (χ2n) is 14.0. The standard InChI is InChI=1S/C42H41N3O/c1-41(2,3)30-18-21-38(46)35(26-30)39(43)34-15-10-11-17-37(34)45-31-24-28(27-13-8-7-9-14-27)23-29(25-31)32-19-20-36(42(4,5)6)33-16-12-22-44-40(32)33/h7-26,43,45-46H,1-6H3. The van der Waals surface area contributed by atoms with E-state index in [4.69, 9.17) is 4.98 Å². The van der Waals surface area contributed by atoms with Crippen molar-refractivity contribution in [1.82, 2.24) is 4.98 Å². The topological polar surface area (TPSA) is 69.0 Å². The number of phenols is 1. The predicted octanol–water partition coefficient (Wildman–Crippen LogP) is 11.0. The van der Waals surface area contributed by atoms with Gasteiger partial charge in [0, 0.05) is 39.6 Å². The molecule has 0 aliphatic rings. The number of aromatic nitrogens is 1. The van der Waals surface area contributed by atoms with Gasteiger partial charge in [-0.2, -0.15) is 0 Å². The Labute approximate surface area is 272 Å². The zero-order valence-electron chi connectivity index (χ0n) is 27.4. The molecule has 4 heteroatoms. The summed E-state index contributed by atoms with van der Waals surface area (Å²) in [6.45, 7) is 13.1. The van der Waals surface area contributed by atoms with Crippen molar-refractivity contribution in [2.24, 2.45) is 0 Å². The van der Waals surface area contributed by atoms with Crippen molar-refractivity contribution in [3.63, 3.8) is 0 Å². The van der Waals surface area contributed by atoms with Gasteiger partial charge in [-0.25, -0.2) is 0 Å². The van der Waals surface area contributed by atoms with Gasteiger partial charge in [0.25, 0.3) is 0 Å². The molecule has 0 radical (unpaired) electrons. The van der Waals surface area contributed by atoms with E-state index >= 15 is 0 Å². The van der Waals surface area contributed by atoms with E-state index in [0.29, 0.717) is 11.1 Å². The highest BCUT2D eigenvalue weighted by Gasteiger charge is 2.21. The fraction of sp³-hybridized carbons (Fsp3) is 0.190. The van der Waals surface area contributed by atoms with E-state index in [2.05, 4.69) is 108 Å². The third kappa shape index (κ3) is 6.16. The normalized spacial score (nSPS) is 11.9. The second-order valence-corrected chi connectivity index (χ2v) is 14.0. The molecule has 230 valence electrons. The summed E-state index contributed by atoms with van der Waals surface area (Å²) in [7, 11) is 0. The number of pyridine rings is 1. The van der Waals surface area contributed by atoms with Crippen molar-refractivity contribution in [1.29, 1.82) is 5.41 Å². The summed E-state index contributed by atoms with van der Waals surface area (Å²) in [5.41, 5.74) is 10.6. The van der Waals surface area contributed by atoms with Crippen LogP contribution in [0.4, 0.5) is 11.4 Å². The maximum atomic E-state index is 10.8. The molecule has 5 aromatic carbocycles. The molecule has 3 N–H and O–H groups in total. The minimum absolute atomic E-state index is 0.0204. The highest BCUT2D eigenvalue weighted by Crippen LogP contribution is 2.39. The molecule has 0 fully saturated rings. The highest BCUT2D eigenvalue weighted by molar-refractivity contribution is 6.16. The number of benzene rings is 5. The average Bonchev–Trinajstić information content (AvgIpc) is 3.03. The Kier molecular flexibility index (Phi) is 7.99. The van der Waals surface area contributed by atoms with Gasteiger partial charge in [-0.05, 0) is 81.1 Å². The van der Waals surface area contributed by atoms with Crippen molar-refractivity contribution < 1.29 is 5.11 Å². The van der Waals surface area contributed by atoms with Gasteiger partial charge in [0.1, 0.15) is 5.75 Å². The van der Waals surface area contributed by atoms with Crippen molar-refractivity contribution in [3.05, 3.63) is 144 Å². The van der Waals surface area contributed by atoms with Crippen molar-refractivity contribution in [2.75, 3.05) is 5.32 Å². The molecular weight excluding hydrogens is 562 g/mol. The van der Waals surface area contributed by atoms with Crippen LogP contribution >= 0.6 is 0 Å². The molecule has 0 spiro atoms. The first-order valence-electron chi connectivity index (χ1n) is 15.8. The van der Waals surface area contributed by atoms with Gasteiger partial charge < -0.3 is 10.4 Å². The Morgan fingerprint density at radius 1 is 0.652 bits per heavy atom. The van der Waals surface area contributed by atoms with Gasteiger partial charge in [0.15, 0.2) is 0 Å². The molecule has 4 nitrogen and oxygen atoms in total. The van der Waals surface area contributed by atoms with Crippen LogP contribution in [-0.2, 0) is 10.8 Å². The number of nitrogens with one attached hydrogen (secondary N) is 2. The van der Waals surface area contributed by atoms with Crippen LogP contribution in [0.3, 0.4) is 0 Å². The minimum atomic E-state index is -0.112. The van der Waals surface area contributed by atoms with Crippen molar-refractivity contribution in [3.8, 4) is 28.0 Å². The summed E-state index contributed by atoms with van der Waals surface area (Å²) >= 11 is 0. The van der Waals surface area contributed by atoms with Gasteiger partial charge in [-0.3, -0.25) is 10.4 Å². The molecule has 1 heterocycles. The number of rotatable bonds is 6. The molecule has 0 saturated carbocycles. The van der Waals surface area contributed by atoms with E-state index in [0.717, 1.165) is 50.1 Å². The van der Waals surface area contributed by atoms with Crippen LogP contribution in [0, 0.1) is 5.41 Å². The third-order valence-corrected chi connectivity index (χ3v) is 8.54. The lowest BCUT2D eigenvalue weighted by molar-refractivity contribution is 0.473. The van der Waals surface area contributed by atoms with Crippen molar-refractivity contribution >= 4 is 28.0 Å². The van der Waals surface area contributed by atoms with Crippen LogP contribution < -0.4 is 5.32 Å². The number of hydrogen-bond donors (Lipinski definition) is 3. The maximum Gasteiger partial charge on any atom is 0.124 e. The van der Waals surface area contributed by atoms with Gasteiger partial charge in [0.05, 0.1) is 11.2 Å². The molecule has 0 aliphatic carbocycles. The van der Waals surface area contributed by atoms with E-state index in [-0.39, 0.29) is 22.3 Å². The molecule has 0 aliphatic heterocycles. The molecule has 0 bridgehead atoms. The number of aromatic hydroxyl groups is 1. The van der Waals surface area contributed by atoms with Crippen LogP contribution in [0.5, 0.6) is 5.75 Å². The Balaban J connectivity index is 1.48. The zero-order valence-corrected chi connectivity index (χ0v) is 27.4. The summed E-state index contributed by atoms with van der Waals surface area (Å²) in [4.78, 5) is 4.88. The summed E-state index contributed by atoms with van der Waals surface area (Å²) in [5.74, 6) is 0.0965.